The van der Waals surface area contributed by atoms with Crippen molar-refractivity contribution in [2.24, 2.45) is 17.8 Å². The number of alkyl halides is 3. The minimum Gasteiger partial charge on any atom is -0.503 e. The first-order chi connectivity index (χ1) is 23.8. The highest BCUT2D eigenvalue weighted by Gasteiger charge is 2.49. The number of hydrogen-bond acceptors (Lipinski definition) is 6. The van der Waals surface area contributed by atoms with Crippen LogP contribution in [-0.4, -0.2) is 42.8 Å². The first-order valence-corrected chi connectivity index (χ1v) is 20.5. The van der Waals surface area contributed by atoms with Crippen molar-refractivity contribution in [3.63, 3.8) is 0 Å². The molecule has 0 bridgehead atoms. The van der Waals surface area contributed by atoms with E-state index in [1.165, 1.54) is 17.0 Å². The molecule has 11 heteroatoms. The number of nitrogens with zero attached hydrogens (tertiary/aromatic N) is 1. The Labute approximate surface area is 302 Å². The van der Waals surface area contributed by atoms with Gasteiger partial charge in [0.15, 0.2) is 0 Å². The molecular formula is C40H56F3NO6Si. The van der Waals surface area contributed by atoms with E-state index in [9.17, 15) is 27.9 Å². The molecule has 0 aromatic heterocycles. The number of carbonyl (C=O) groups excluding carboxylic acids is 2. The standard InChI is InChI=1S/C40H56F3NO6Si/c1-24(2)32-17-15-28(9)19-35(32)48-36-21-34(38(46)49-36)37(45)33-18-16-31(40(41,42)43)20-30(33)23-44(22-29-13-11-10-12-14-29)39(47)50-51(25(3)4,26(5)6)27(7)8/h10-14,16,18,20-21,24-28,32,35-37,45H,15,17,19,22-23H2,1-9H3/t28-,32+,35-,36-,37+/m1/s1. The van der Waals surface area contributed by atoms with E-state index in [1.54, 1.807) is 0 Å². The predicted octanol–water partition coefficient (Wildman–Crippen LogP) is 10.3. The highest BCUT2D eigenvalue weighted by atomic mass is 28.4. The van der Waals surface area contributed by atoms with Crippen molar-refractivity contribution in [3.05, 3.63) is 82.4 Å². The third-order valence-corrected chi connectivity index (χ3v) is 16.9. The molecule has 1 aliphatic heterocycles. The van der Waals surface area contributed by atoms with Crippen LogP contribution in [0.5, 0.6) is 0 Å². The van der Waals surface area contributed by atoms with E-state index in [4.69, 9.17) is 13.9 Å². The van der Waals surface area contributed by atoms with Crippen molar-refractivity contribution in [1.82, 2.24) is 4.90 Å². The second-order valence-electron chi connectivity index (χ2n) is 15.7. The second kappa shape index (κ2) is 16.7. The van der Waals surface area contributed by atoms with Gasteiger partial charge in [0, 0.05) is 13.1 Å². The first-order valence-electron chi connectivity index (χ1n) is 18.3. The Morgan fingerprint density at radius 3 is 2.16 bits per heavy atom. The molecule has 2 aliphatic rings. The molecule has 51 heavy (non-hydrogen) atoms. The smallest absolute Gasteiger partial charge is 0.416 e. The van der Waals surface area contributed by atoms with Crippen molar-refractivity contribution in [2.45, 2.75) is 136 Å². The molecular weight excluding hydrogens is 676 g/mol. The number of carbonyl (C=O) groups is 2. The molecule has 2 aromatic carbocycles. The van der Waals surface area contributed by atoms with E-state index in [2.05, 4.69) is 20.8 Å². The van der Waals surface area contributed by atoms with Crippen LogP contribution in [0.15, 0.2) is 60.2 Å². The van der Waals surface area contributed by atoms with Gasteiger partial charge in [-0.05, 0) is 82.1 Å². The lowest BCUT2D eigenvalue weighted by Gasteiger charge is -2.42. The fraction of sp³-hybridized carbons (Fsp3) is 0.600. The summed E-state index contributed by atoms with van der Waals surface area (Å²) >= 11 is 0. The average molecular weight is 732 g/mol. The largest absolute Gasteiger partial charge is 0.503 e. The molecule has 1 heterocycles. The van der Waals surface area contributed by atoms with Crippen molar-refractivity contribution < 1.29 is 41.8 Å². The molecule has 1 N–H and O–H groups in total. The van der Waals surface area contributed by atoms with Crippen LogP contribution in [0.3, 0.4) is 0 Å². The van der Waals surface area contributed by atoms with Gasteiger partial charge >= 0.3 is 18.2 Å². The summed E-state index contributed by atoms with van der Waals surface area (Å²) in [4.78, 5) is 28.8. The Morgan fingerprint density at radius 1 is 0.961 bits per heavy atom. The van der Waals surface area contributed by atoms with E-state index in [0.717, 1.165) is 37.0 Å². The van der Waals surface area contributed by atoms with Crippen LogP contribution in [0, 0.1) is 17.8 Å². The minimum atomic E-state index is -4.69. The summed E-state index contributed by atoms with van der Waals surface area (Å²) in [5.41, 5.74) is 0.0332. The van der Waals surface area contributed by atoms with E-state index < -0.39 is 44.5 Å². The van der Waals surface area contributed by atoms with Crippen LogP contribution < -0.4 is 0 Å². The van der Waals surface area contributed by atoms with Gasteiger partial charge in [0.2, 0.25) is 6.29 Å². The van der Waals surface area contributed by atoms with Crippen LogP contribution in [0.25, 0.3) is 0 Å². The van der Waals surface area contributed by atoms with Crippen LogP contribution in [-0.2, 0) is 38.0 Å². The fourth-order valence-corrected chi connectivity index (χ4v) is 13.4. The Morgan fingerprint density at radius 2 is 1.59 bits per heavy atom. The second-order valence-corrected chi connectivity index (χ2v) is 21.1. The molecule has 2 aromatic rings. The number of amides is 1. The zero-order chi connectivity index (χ0) is 37.8. The number of halogens is 3. The topological polar surface area (TPSA) is 85.3 Å². The SMILES string of the molecule is CC(C)[C@@H]1CC[C@@H](C)C[C@H]1O[C@H]1C=C([C@@H](O)c2ccc(C(F)(F)F)cc2CN(Cc2ccccc2)C(=O)O[Si](C(C)C)(C(C)C)C(C)C)C(=O)O1. The third-order valence-electron chi connectivity index (χ3n) is 10.9. The van der Waals surface area contributed by atoms with Gasteiger partial charge in [-0.2, -0.15) is 13.2 Å². The number of cyclic esters (lactones) is 1. The van der Waals surface area contributed by atoms with Gasteiger partial charge in [0.1, 0.15) is 6.10 Å². The number of rotatable bonds is 13. The zero-order valence-electron chi connectivity index (χ0n) is 31.5. The maximum absolute atomic E-state index is 14.2. The highest BCUT2D eigenvalue weighted by molar-refractivity contribution is 6.78. The maximum Gasteiger partial charge on any atom is 0.416 e. The average Bonchev–Trinajstić information content (AvgIpc) is 3.41. The Bertz CT molecular complexity index is 1500. The summed E-state index contributed by atoms with van der Waals surface area (Å²) in [6, 6.07) is 12.1. The summed E-state index contributed by atoms with van der Waals surface area (Å²) in [6.45, 7) is 18.5. The summed E-state index contributed by atoms with van der Waals surface area (Å²) in [5, 5.41) is 11.7. The van der Waals surface area contributed by atoms with Crippen molar-refractivity contribution in [1.29, 1.82) is 0 Å². The normalized spacial score (nSPS) is 22.1. The zero-order valence-corrected chi connectivity index (χ0v) is 32.5. The third kappa shape index (κ3) is 9.45. The van der Waals surface area contributed by atoms with Gasteiger partial charge < -0.3 is 23.9 Å². The number of aliphatic hydroxyl groups is 1. The maximum atomic E-state index is 14.2. The molecule has 0 saturated heterocycles. The Kier molecular flexibility index (Phi) is 13.3. The van der Waals surface area contributed by atoms with Crippen LogP contribution in [0.2, 0.25) is 16.6 Å². The molecule has 282 valence electrons. The molecule has 1 aliphatic carbocycles. The number of esters is 1. The summed E-state index contributed by atoms with van der Waals surface area (Å²) in [6.07, 6.45) is -3.79. The van der Waals surface area contributed by atoms with Gasteiger partial charge in [0.05, 0.1) is 17.2 Å². The van der Waals surface area contributed by atoms with Crippen molar-refractivity contribution in [2.75, 3.05) is 0 Å². The number of ether oxygens (including phenoxy) is 2. The van der Waals surface area contributed by atoms with Gasteiger partial charge in [-0.3, -0.25) is 0 Å². The lowest BCUT2D eigenvalue weighted by molar-refractivity contribution is -0.179. The van der Waals surface area contributed by atoms with Crippen LogP contribution in [0.1, 0.15) is 110 Å². The van der Waals surface area contributed by atoms with E-state index in [-0.39, 0.29) is 58.4 Å². The van der Waals surface area contributed by atoms with Crippen LogP contribution >= 0.6 is 0 Å². The molecule has 0 spiro atoms. The molecule has 5 atom stereocenters. The number of benzene rings is 2. The van der Waals surface area contributed by atoms with Crippen molar-refractivity contribution in [3.8, 4) is 0 Å². The first kappa shape index (κ1) is 40.6. The van der Waals surface area contributed by atoms with Crippen LogP contribution in [0.4, 0.5) is 18.0 Å². The molecule has 1 amide bonds. The highest BCUT2D eigenvalue weighted by Crippen LogP contribution is 2.43. The Hall–Kier alpha value is -3.15. The fourth-order valence-electron chi connectivity index (χ4n) is 8.25. The van der Waals surface area contributed by atoms with Gasteiger partial charge in [-0.1, -0.05) is 105 Å². The molecule has 0 unspecified atom stereocenters. The van der Waals surface area contributed by atoms with E-state index >= 15 is 0 Å². The van der Waals surface area contributed by atoms with E-state index in [0.29, 0.717) is 11.8 Å². The quantitative estimate of drug-likeness (QED) is 0.163. The number of aliphatic hydroxyl groups excluding tert-OH is 1. The molecule has 0 radical (unpaired) electrons. The molecule has 4 rings (SSSR count). The van der Waals surface area contributed by atoms with Gasteiger partial charge in [-0.15, -0.1) is 0 Å². The van der Waals surface area contributed by atoms with Gasteiger partial charge in [0.25, 0.3) is 8.32 Å². The lowest BCUT2D eigenvalue weighted by atomic mass is 9.75. The molecule has 1 fully saturated rings. The Balaban J connectivity index is 1.72. The lowest BCUT2D eigenvalue weighted by Crippen LogP contribution is -2.51. The van der Waals surface area contributed by atoms with Gasteiger partial charge in [-0.25, -0.2) is 9.59 Å². The number of hydrogen-bond donors (Lipinski definition) is 1. The summed E-state index contributed by atoms with van der Waals surface area (Å²) in [7, 11) is -2.74. The predicted molar refractivity (Wildman–Crippen MR) is 194 cm³/mol. The van der Waals surface area contributed by atoms with E-state index in [1.807, 2.05) is 71.9 Å². The molecule has 7 nitrogen and oxygen atoms in total. The summed E-state index contributed by atoms with van der Waals surface area (Å²) in [5.74, 6) is 0.294. The minimum absolute atomic E-state index is 0.0372. The monoisotopic (exact) mass is 731 g/mol. The summed E-state index contributed by atoms with van der Waals surface area (Å²) < 4.78 is 60.7. The molecule has 1 saturated carbocycles. The van der Waals surface area contributed by atoms with Crippen molar-refractivity contribution >= 4 is 20.4 Å².